The van der Waals surface area contributed by atoms with Gasteiger partial charge in [-0.25, -0.2) is 9.69 Å². The lowest BCUT2D eigenvalue weighted by Gasteiger charge is -2.13. The van der Waals surface area contributed by atoms with Crippen LogP contribution < -0.4 is 4.90 Å². The molecule has 0 radical (unpaired) electrons. The highest BCUT2D eigenvalue weighted by molar-refractivity contribution is 9.11. The van der Waals surface area contributed by atoms with Gasteiger partial charge in [0.05, 0.1) is 27.1 Å². The van der Waals surface area contributed by atoms with E-state index in [0.717, 1.165) is 16.2 Å². The first-order valence-electron chi connectivity index (χ1n) is 6.49. The normalized spacial score (nSPS) is 13.5. The Morgan fingerprint density at radius 1 is 1.23 bits per heavy atom. The highest BCUT2D eigenvalue weighted by Gasteiger charge is 2.39. The second-order valence-electron chi connectivity index (χ2n) is 4.48. The van der Waals surface area contributed by atoms with Gasteiger partial charge in [0.15, 0.2) is 0 Å². The highest BCUT2D eigenvalue weighted by Crippen LogP contribution is 2.39. The molecule has 0 unspecified atom stereocenters. The molecule has 2 amide bonds. The van der Waals surface area contributed by atoms with Crippen LogP contribution in [0.15, 0.2) is 34.1 Å². The molecular formula is C15H10BrNO4S. The number of benzene rings is 1. The molecule has 0 spiro atoms. The Kier molecular flexibility index (Phi) is 3.84. The molecule has 3 rings (SSSR count). The number of ether oxygens (including phenoxy) is 1. The quantitative estimate of drug-likeness (QED) is 0.604. The van der Waals surface area contributed by atoms with Crippen LogP contribution in [0.25, 0.3) is 0 Å². The predicted octanol–water partition coefficient (Wildman–Crippen LogP) is 3.49. The lowest BCUT2D eigenvalue weighted by Crippen LogP contribution is -2.30. The Labute approximate surface area is 138 Å². The van der Waals surface area contributed by atoms with Gasteiger partial charge in [-0.05, 0) is 41.1 Å². The molecule has 0 fully saturated rings. The smallest absolute Gasteiger partial charge is 0.341 e. The Balaban J connectivity index is 2.08. The minimum atomic E-state index is -0.559. The third kappa shape index (κ3) is 2.26. The highest BCUT2D eigenvalue weighted by atomic mass is 79.9. The van der Waals surface area contributed by atoms with E-state index in [9.17, 15) is 14.4 Å². The average molecular weight is 380 g/mol. The fourth-order valence-electron chi connectivity index (χ4n) is 2.25. The maximum atomic E-state index is 12.5. The summed E-state index contributed by atoms with van der Waals surface area (Å²) in [6.07, 6.45) is 0. The number of hydrogen-bond donors (Lipinski definition) is 0. The molecular weight excluding hydrogens is 370 g/mol. The van der Waals surface area contributed by atoms with Crippen molar-refractivity contribution in [3.8, 4) is 0 Å². The van der Waals surface area contributed by atoms with E-state index in [4.69, 9.17) is 4.74 Å². The van der Waals surface area contributed by atoms with Crippen LogP contribution in [-0.2, 0) is 4.74 Å². The van der Waals surface area contributed by atoms with E-state index in [1.165, 1.54) is 0 Å². The molecule has 0 N–H and O–H groups in total. The first-order chi connectivity index (χ1) is 10.5. The van der Waals surface area contributed by atoms with E-state index in [1.54, 1.807) is 37.3 Å². The van der Waals surface area contributed by atoms with E-state index < -0.39 is 17.8 Å². The van der Waals surface area contributed by atoms with E-state index in [-0.39, 0.29) is 17.2 Å². The minimum Gasteiger partial charge on any atom is -0.462 e. The van der Waals surface area contributed by atoms with Crippen molar-refractivity contribution in [3.63, 3.8) is 0 Å². The SMILES string of the molecule is CCOC(=O)c1cc(Br)sc1N1C(=O)c2ccccc2C1=O. The van der Waals surface area contributed by atoms with Crippen molar-refractivity contribution in [1.29, 1.82) is 0 Å². The molecule has 0 aliphatic carbocycles. The Hall–Kier alpha value is -1.99. The van der Waals surface area contributed by atoms with E-state index in [0.29, 0.717) is 14.9 Å². The lowest BCUT2D eigenvalue weighted by atomic mass is 10.1. The number of thiophene rings is 1. The van der Waals surface area contributed by atoms with Crippen LogP contribution in [0, 0.1) is 0 Å². The molecule has 7 heteroatoms. The van der Waals surface area contributed by atoms with Crippen molar-refractivity contribution in [3.05, 3.63) is 50.8 Å². The number of carbonyl (C=O) groups excluding carboxylic acids is 3. The Bertz CT molecular complexity index is 764. The number of halogens is 1. The average Bonchev–Trinajstić information content (AvgIpc) is 2.99. The summed E-state index contributed by atoms with van der Waals surface area (Å²) in [5.41, 5.74) is 0.881. The first-order valence-corrected chi connectivity index (χ1v) is 8.09. The molecule has 2 aromatic rings. The fourth-order valence-corrected chi connectivity index (χ4v) is 3.81. The maximum Gasteiger partial charge on any atom is 0.341 e. The molecule has 0 atom stereocenters. The molecule has 22 heavy (non-hydrogen) atoms. The van der Waals surface area contributed by atoms with Gasteiger partial charge in [0.1, 0.15) is 5.00 Å². The van der Waals surface area contributed by atoms with Gasteiger partial charge in [0, 0.05) is 0 Å². The molecule has 1 aliphatic heterocycles. The second-order valence-corrected chi connectivity index (χ2v) is 6.89. The van der Waals surface area contributed by atoms with Crippen LogP contribution >= 0.6 is 27.3 Å². The number of nitrogens with zero attached hydrogens (tertiary/aromatic N) is 1. The number of hydrogen-bond acceptors (Lipinski definition) is 5. The van der Waals surface area contributed by atoms with Crippen LogP contribution in [-0.4, -0.2) is 24.4 Å². The van der Waals surface area contributed by atoms with Crippen LogP contribution in [0.3, 0.4) is 0 Å². The molecule has 1 aliphatic rings. The van der Waals surface area contributed by atoms with E-state index in [2.05, 4.69) is 15.9 Å². The van der Waals surface area contributed by atoms with Crippen LogP contribution in [0.4, 0.5) is 5.00 Å². The number of anilines is 1. The summed E-state index contributed by atoms with van der Waals surface area (Å²) >= 11 is 4.43. The van der Waals surface area contributed by atoms with Gasteiger partial charge in [0.25, 0.3) is 11.8 Å². The second kappa shape index (κ2) is 5.66. The van der Waals surface area contributed by atoms with Crippen LogP contribution in [0.1, 0.15) is 38.0 Å². The van der Waals surface area contributed by atoms with Crippen molar-refractivity contribution in [1.82, 2.24) is 0 Å². The summed E-state index contributed by atoms with van der Waals surface area (Å²) in [6, 6.07) is 8.15. The molecule has 2 heterocycles. The molecule has 1 aromatic carbocycles. The van der Waals surface area contributed by atoms with E-state index >= 15 is 0 Å². The Morgan fingerprint density at radius 3 is 2.36 bits per heavy atom. The van der Waals surface area contributed by atoms with Gasteiger partial charge in [-0.2, -0.15) is 0 Å². The molecule has 0 saturated carbocycles. The zero-order valence-electron chi connectivity index (χ0n) is 11.5. The number of rotatable bonds is 3. The number of amides is 2. The zero-order chi connectivity index (χ0) is 15.9. The summed E-state index contributed by atoms with van der Waals surface area (Å²) in [4.78, 5) is 38.1. The minimum absolute atomic E-state index is 0.202. The number of fused-ring (bicyclic) bond motifs is 1. The third-order valence-corrected chi connectivity index (χ3v) is 4.80. The number of imide groups is 1. The largest absolute Gasteiger partial charge is 0.462 e. The monoisotopic (exact) mass is 379 g/mol. The number of esters is 1. The molecule has 0 saturated heterocycles. The first kappa shape index (κ1) is 14.9. The van der Waals surface area contributed by atoms with Gasteiger partial charge in [-0.1, -0.05) is 12.1 Å². The standard InChI is InChI=1S/C15H10BrNO4S/c1-2-21-15(20)10-7-11(16)22-14(10)17-12(18)8-5-3-4-6-9(8)13(17)19/h3-7H,2H2,1H3. The van der Waals surface area contributed by atoms with Gasteiger partial charge in [-0.3, -0.25) is 9.59 Å². The Morgan fingerprint density at radius 2 is 1.82 bits per heavy atom. The van der Waals surface area contributed by atoms with Crippen molar-refractivity contribution in [2.24, 2.45) is 0 Å². The predicted molar refractivity (Wildman–Crippen MR) is 85.6 cm³/mol. The van der Waals surface area contributed by atoms with Gasteiger partial charge >= 0.3 is 5.97 Å². The molecule has 112 valence electrons. The summed E-state index contributed by atoms with van der Waals surface area (Å²) in [5, 5.41) is 0.275. The van der Waals surface area contributed by atoms with Crippen molar-refractivity contribution in [2.75, 3.05) is 11.5 Å². The number of carbonyl (C=O) groups is 3. The van der Waals surface area contributed by atoms with Crippen molar-refractivity contribution < 1.29 is 19.1 Å². The lowest BCUT2D eigenvalue weighted by molar-refractivity contribution is 0.0528. The van der Waals surface area contributed by atoms with Gasteiger partial charge in [0.2, 0.25) is 0 Å². The zero-order valence-corrected chi connectivity index (χ0v) is 13.9. The fraction of sp³-hybridized carbons (Fsp3) is 0.133. The molecule has 1 aromatic heterocycles. The molecule has 5 nitrogen and oxygen atoms in total. The maximum absolute atomic E-state index is 12.5. The summed E-state index contributed by atoms with van der Waals surface area (Å²) in [6.45, 7) is 1.91. The van der Waals surface area contributed by atoms with E-state index in [1.807, 2.05) is 0 Å². The van der Waals surface area contributed by atoms with Gasteiger partial charge < -0.3 is 4.74 Å². The van der Waals surface area contributed by atoms with Crippen LogP contribution in [0.5, 0.6) is 0 Å². The van der Waals surface area contributed by atoms with Gasteiger partial charge in [-0.15, -0.1) is 11.3 Å². The summed E-state index contributed by atoms with van der Waals surface area (Å²) in [5.74, 6) is -1.42. The topological polar surface area (TPSA) is 63.7 Å². The molecule has 0 bridgehead atoms. The van der Waals surface area contributed by atoms with Crippen molar-refractivity contribution in [2.45, 2.75) is 6.92 Å². The van der Waals surface area contributed by atoms with Crippen molar-refractivity contribution >= 4 is 50.1 Å². The summed E-state index contributed by atoms with van der Waals surface area (Å²) < 4.78 is 5.63. The summed E-state index contributed by atoms with van der Waals surface area (Å²) in [7, 11) is 0. The van der Waals surface area contributed by atoms with Crippen LogP contribution in [0.2, 0.25) is 0 Å². The third-order valence-electron chi connectivity index (χ3n) is 3.17.